The summed E-state index contributed by atoms with van der Waals surface area (Å²) in [6, 6.07) is 5.72. The molecule has 6 nitrogen and oxygen atoms in total. The zero-order valence-electron chi connectivity index (χ0n) is 12.6. The number of halogens is 2. The maximum Gasteiger partial charge on any atom is 0.337 e. The van der Waals surface area contributed by atoms with Crippen LogP contribution in [-0.4, -0.2) is 38.0 Å². The second-order valence-corrected chi connectivity index (χ2v) is 5.85. The molecule has 1 heterocycles. The van der Waals surface area contributed by atoms with Crippen LogP contribution in [0.15, 0.2) is 36.9 Å². The summed E-state index contributed by atoms with van der Waals surface area (Å²) < 4.78 is 6.37. The lowest BCUT2D eigenvalue weighted by Gasteiger charge is -2.31. The lowest BCUT2D eigenvalue weighted by Crippen LogP contribution is -2.49. The third-order valence-electron chi connectivity index (χ3n) is 3.35. The number of hydrogen-bond donors (Lipinski definition) is 0. The highest BCUT2D eigenvalue weighted by molar-refractivity contribution is 6.46. The van der Waals surface area contributed by atoms with Crippen molar-refractivity contribution in [1.82, 2.24) is 14.8 Å². The Morgan fingerprint density at radius 3 is 2.48 bits per heavy atom. The first-order valence-electron chi connectivity index (χ1n) is 6.88. The highest BCUT2D eigenvalue weighted by atomic mass is 35.5. The van der Waals surface area contributed by atoms with Gasteiger partial charge >= 0.3 is 5.97 Å². The van der Waals surface area contributed by atoms with Gasteiger partial charge in [-0.05, 0) is 31.5 Å². The average molecular weight is 356 g/mol. The molecule has 2 atom stereocenters. The molecule has 1 aromatic carbocycles. The van der Waals surface area contributed by atoms with Crippen LogP contribution in [0.4, 0.5) is 0 Å². The van der Waals surface area contributed by atoms with Crippen LogP contribution < -0.4 is 0 Å². The Morgan fingerprint density at radius 1 is 1.35 bits per heavy atom. The average Bonchev–Trinajstić information content (AvgIpc) is 3.03. The minimum atomic E-state index is -1.96. The van der Waals surface area contributed by atoms with E-state index in [4.69, 9.17) is 27.9 Å². The number of ether oxygens (including phenoxy) is 1. The number of nitrogens with zero attached hydrogens (tertiary/aromatic N) is 3. The number of rotatable bonds is 6. The Hall–Kier alpha value is -1.92. The Labute approximate surface area is 143 Å². The SMILES string of the molecule is CCOC(=O)C(Cl)(C(C)=O)C(c1ccc(Cl)cc1)n1cncn1. The van der Waals surface area contributed by atoms with Crippen molar-refractivity contribution in [3.05, 3.63) is 47.5 Å². The molecule has 2 unspecified atom stereocenters. The number of esters is 1. The number of aromatic nitrogens is 3. The highest BCUT2D eigenvalue weighted by Gasteiger charge is 2.52. The molecular weight excluding hydrogens is 341 g/mol. The van der Waals surface area contributed by atoms with E-state index in [0.29, 0.717) is 10.6 Å². The number of ketones is 1. The van der Waals surface area contributed by atoms with Gasteiger partial charge in [0.05, 0.1) is 6.61 Å². The lowest BCUT2D eigenvalue weighted by atomic mass is 9.89. The number of carbonyl (C=O) groups excluding carboxylic acids is 2. The van der Waals surface area contributed by atoms with E-state index in [-0.39, 0.29) is 6.61 Å². The molecule has 0 amide bonds. The van der Waals surface area contributed by atoms with Gasteiger partial charge in [-0.2, -0.15) is 5.10 Å². The molecule has 0 aliphatic carbocycles. The van der Waals surface area contributed by atoms with Crippen molar-refractivity contribution in [1.29, 1.82) is 0 Å². The van der Waals surface area contributed by atoms with Crippen LogP contribution in [0.3, 0.4) is 0 Å². The molecule has 0 aliphatic rings. The zero-order chi connectivity index (χ0) is 17.0. The number of hydrogen-bond acceptors (Lipinski definition) is 5. The smallest absolute Gasteiger partial charge is 0.337 e. The molecule has 23 heavy (non-hydrogen) atoms. The minimum Gasteiger partial charge on any atom is -0.464 e. The van der Waals surface area contributed by atoms with Crippen LogP contribution in [0.1, 0.15) is 25.5 Å². The van der Waals surface area contributed by atoms with E-state index in [1.165, 1.54) is 24.3 Å². The van der Waals surface area contributed by atoms with Crippen LogP contribution in [-0.2, 0) is 14.3 Å². The summed E-state index contributed by atoms with van der Waals surface area (Å²) in [7, 11) is 0. The first kappa shape index (κ1) is 17.4. The van der Waals surface area contributed by atoms with E-state index < -0.39 is 22.7 Å². The van der Waals surface area contributed by atoms with Crippen molar-refractivity contribution >= 4 is 35.0 Å². The van der Waals surface area contributed by atoms with Crippen molar-refractivity contribution in [2.75, 3.05) is 6.61 Å². The molecule has 122 valence electrons. The molecule has 0 radical (unpaired) electrons. The third-order valence-corrected chi connectivity index (χ3v) is 4.23. The second kappa shape index (κ2) is 7.10. The maximum atomic E-state index is 12.4. The zero-order valence-corrected chi connectivity index (χ0v) is 14.1. The molecule has 0 spiro atoms. The molecule has 2 aromatic rings. The van der Waals surface area contributed by atoms with Crippen LogP contribution in [0, 0.1) is 0 Å². The molecule has 0 saturated heterocycles. The van der Waals surface area contributed by atoms with Crippen molar-refractivity contribution < 1.29 is 14.3 Å². The van der Waals surface area contributed by atoms with Gasteiger partial charge in [0.25, 0.3) is 0 Å². The fourth-order valence-corrected chi connectivity index (χ4v) is 2.65. The molecule has 8 heteroatoms. The van der Waals surface area contributed by atoms with Crippen LogP contribution >= 0.6 is 23.2 Å². The number of benzene rings is 1. The number of alkyl halides is 1. The summed E-state index contributed by atoms with van der Waals surface area (Å²) in [5.41, 5.74) is 0.582. The second-order valence-electron chi connectivity index (χ2n) is 4.82. The van der Waals surface area contributed by atoms with Gasteiger partial charge in [0.15, 0.2) is 5.78 Å². The Balaban J connectivity index is 2.61. The summed E-state index contributed by atoms with van der Waals surface area (Å²) in [5, 5.41) is 4.55. The minimum absolute atomic E-state index is 0.102. The molecule has 1 aromatic heterocycles. The van der Waals surface area contributed by atoms with Gasteiger partial charge < -0.3 is 4.74 Å². The Morgan fingerprint density at radius 2 is 2.00 bits per heavy atom. The van der Waals surface area contributed by atoms with Crippen LogP contribution in [0.5, 0.6) is 0 Å². The van der Waals surface area contributed by atoms with E-state index >= 15 is 0 Å². The lowest BCUT2D eigenvalue weighted by molar-refractivity contribution is -0.150. The van der Waals surface area contributed by atoms with Gasteiger partial charge in [-0.3, -0.25) is 4.79 Å². The van der Waals surface area contributed by atoms with Gasteiger partial charge in [0.1, 0.15) is 18.7 Å². The summed E-state index contributed by atoms with van der Waals surface area (Å²) in [6.45, 7) is 2.98. The molecule has 0 saturated carbocycles. The largest absolute Gasteiger partial charge is 0.464 e. The standard InChI is InChI=1S/C15H15Cl2N3O3/c1-3-23-14(22)15(17,10(2)21)13(20-9-18-8-19-20)11-4-6-12(16)7-5-11/h4-9,13H,3H2,1-2H3. The first-order chi connectivity index (χ1) is 10.9. The molecule has 0 N–H and O–H groups in total. The number of carbonyl (C=O) groups is 2. The first-order valence-corrected chi connectivity index (χ1v) is 7.63. The molecule has 2 rings (SSSR count). The van der Waals surface area contributed by atoms with Gasteiger partial charge in [0.2, 0.25) is 4.87 Å². The van der Waals surface area contributed by atoms with Crippen LogP contribution in [0.25, 0.3) is 0 Å². The molecule has 0 bridgehead atoms. The van der Waals surface area contributed by atoms with Crippen LogP contribution in [0.2, 0.25) is 5.02 Å². The quantitative estimate of drug-likeness (QED) is 0.452. The fraction of sp³-hybridized carbons (Fsp3) is 0.333. The molecule has 0 fully saturated rings. The third kappa shape index (κ3) is 3.38. The van der Waals surface area contributed by atoms with Gasteiger partial charge in [-0.1, -0.05) is 35.3 Å². The predicted molar refractivity (Wildman–Crippen MR) is 85.5 cm³/mol. The van der Waals surface area contributed by atoms with Crippen molar-refractivity contribution in [3.8, 4) is 0 Å². The van der Waals surface area contributed by atoms with Gasteiger partial charge in [0, 0.05) is 5.02 Å². The summed E-state index contributed by atoms with van der Waals surface area (Å²) >= 11 is 12.4. The highest BCUT2D eigenvalue weighted by Crippen LogP contribution is 2.37. The monoisotopic (exact) mass is 355 g/mol. The van der Waals surface area contributed by atoms with E-state index in [0.717, 1.165) is 0 Å². The van der Waals surface area contributed by atoms with Crippen molar-refractivity contribution in [2.24, 2.45) is 0 Å². The fourth-order valence-electron chi connectivity index (χ4n) is 2.24. The summed E-state index contributed by atoms with van der Waals surface area (Å²) in [6.07, 6.45) is 2.68. The van der Waals surface area contributed by atoms with Crippen molar-refractivity contribution in [3.63, 3.8) is 0 Å². The molecule has 0 aliphatic heterocycles. The van der Waals surface area contributed by atoms with E-state index in [1.54, 1.807) is 31.2 Å². The van der Waals surface area contributed by atoms with E-state index in [2.05, 4.69) is 10.1 Å². The Bertz CT molecular complexity index is 689. The number of Topliss-reactive ketones (excluding diaryl/α,β-unsaturated/α-hetero) is 1. The normalized spacial score (nSPS) is 14.8. The van der Waals surface area contributed by atoms with E-state index in [9.17, 15) is 9.59 Å². The summed E-state index contributed by atoms with van der Waals surface area (Å²) in [5.74, 6) is -1.38. The molecular formula is C15H15Cl2N3O3. The van der Waals surface area contributed by atoms with Gasteiger partial charge in [-0.25, -0.2) is 14.5 Å². The van der Waals surface area contributed by atoms with Gasteiger partial charge in [-0.15, -0.1) is 0 Å². The maximum absolute atomic E-state index is 12.4. The van der Waals surface area contributed by atoms with E-state index in [1.807, 2.05) is 0 Å². The van der Waals surface area contributed by atoms with Crippen molar-refractivity contribution in [2.45, 2.75) is 24.8 Å². The topological polar surface area (TPSA) is 74.1 Å². The Kier molecular flexibility index (Phi) is 5.38. The predicted octanol–water partition coefficient (Wildman–Crippen LogP) is 2.65. The summed E-state index contributed by atoms with van der Waals surface area (Å²) in [4.78, 5) is 26.6.